The number of benzene rings is 3. The molecule has 3 aromatic rings. The SMILES string of the molecule is CC(=NNS(=O)(=O)c1ccc(Br)cc1)c1ccc2c(c1)-c1ccccc1C2. The minimum absolute atomic E-state index is 0.171. The lowest BCUT2D eigenvalue weighted by Gasteiger charge is -2.08. The fraction of sp³-hybridized carbons (Fsp3) is 0.0952. The lowest BCUT2D eigenvalue weighted by Crippen LogP contribution is -2.19. The third-order valence-corrected chi connectivity index (χ3v) is 6.43. The lowest BCUT2D eigenvalue weighted by molar-refractivity contribution is 0.584. The molecule has 0 aromatic heterocycles. The van der Waals surface area contributed by atoms with Gasteiger partial charge in [-0.05, 0) is 71.5 Å². The molecule has 0 spiro atoms. The zero-order valence-electron chi connectivity index (χ0n) is 14.6. The molecule has 1 aliphatic rings. The molecule has 0 atom stereocenters. The van der Waals surface area contributed by atoms with Crippen molar-refractivity contribution >= 4 is 31.7 Å². The molecule has 4 rings (SSSR count). The molecule has 4 nitrogen and oxygen atoms in total. The van der Waals surface area contributed by atoms with Gasteiger partial charge in [-0.2, -0.15) is 18.4 Å². The van der Waals surface area contributed by atoms with Crippen LogP contribution in [-0.2, 0) is 16.4 Å². The van der Waals surface area contributed by atoms with Crippen LogP contribution in [0.4, 0.5) is 0 Å². The average molecular weight is 441 g/mol. The first-order chi connectivity index (χ1) is 12.9. The maximum absolute atomic E-state index is 12.4. The highest BCUT2D eigenvalue weighted by Crippen LogP contribution is 2.36. The molecule has 0 bridgehead atoms. The number of nitrogens with one attached hydrogen (secondary N) is 1. The van der Waals surface area contributed by atoms with Crippen LogP contribution in [0.5, 0.6) is 0 Å². The summed E-state index contributed by atoms with van der Waals surface area (Å²) in [6.45, 7) is 1.80. The zero-order valence-corrected chi connectivity index (χ0v) is 17.0. The summed E-state index contributed by atoms with van der Waals surface area (Å²) in [5.74, 6) is 0. The van der Waals surface area contributed by atoms with E-state index in [2.05, 4.69) is 56.2 Å². The number of nitrogens with zero attached hydrogens (tertiary/aromatic N) is 1. The summed E-state index contributed by atoms with van der Waals surface area (Å²) in [6.07, 6.45) is 0.929. The van der Waals surface area contributed by atoms with Gasteiger partial charge in [0.2, 0.25) is 0 Å². The van der Waals surface area contributed by atoms with E-state index in [4.69, 9.17) is 0 Å². The predicted octanol–water partition coefficient (Wildman–Crippen LogP) is 4.72. The Morgan fingerprint density at radius 3 is 2.44 bits per heavy atom. The highest BCUT2D eigenvalue weighted by atomic mass is 79.9. The first-order valence-electron chi connectivity index (χ1n) is 8.47. The van der Waals surface area contributed by atoms with Crippen molar-refractivity contribution in [2.24, 2.45) is 5.10 Å². The maximum atomic E-state index is 12.4. The summed E-state index contributed by atoms with van der Waals surface area (Å²) >= 11 is 3.30. The van der Waals surface area contributed by atoms with E-state index in [9.17, 15) is 8.42 Å². The van der Waals surface area contributed by atoms with Gasteiger partial charge in [0, 0.05) is 4.47 Å². The highest BCUT2D eigenvalue weighted by molar-refractivity contribution is 9.10. The van der Waals surface area contributed by atoms with Crippen molar-refractivity contribution in [2.75, 3.05) is 0 Å². The summed E-state index contributed by atoms with van der Waals surface area (Å²) in [4.78, 5) is 2.50. The van der Waals surface area contributed by atoms with Gasteiger partial charge < -0.3 is 0 Å². The Morgan fingerprint density at radius 1 is 0.963 bits per heavy atom. The minimum atomic E-state index is -3.70. The summed E-state index contributed by atoms with van der Waals surface area (Å²) < 4.78 is 25.6. The second-order valence-corrected chi connectivity index (χ2v) is 9.03. The Labute approximate surface area is 167 Å². The first kappa shape index (κ1) is 17.9. The molecule has 0 aliphatic heterocycles. The molecule has 0 heterocycles. The second kappa shape index (κ2) is 6.94. The highest BCUT2D eigenvalue weighted by Gasteiger charge is 2.18. The Bertz CT molecular complexity index is 1150. The van der Waals surface area contributed by atoms with Gasteiger partial charge in [0.1, 0.15) is 0 Å². The van der Waals surface area contributed by atoms with E-state index < -0.39 is 10.0 Å². The zero-order chi connectivity index (χ0) is 19.0. The Morgan fingerprint density at radius 2 is 1.67 bits per heavy atom. The molecule has 0 radical (unpaired) electrons. The number of halogens is 1. The van der Waals surface area contributed by atoms with E-state index in [-0.39, 0.29) is 4.90 Å². The van der Waals surface area contributed by atoms with E-state index in [1.807, 2.05) is 12.1 Å². The normalized spacial score (nSPS) is 13.2. The van der Waals surface area contributed by atoms with Crippen molar-refractivity contribution in [1.82, 2.24) is 4.83 Å². The third-order valence-electron chi connectivity index (χ3n) is 4.67. The molecule has 0 fully saturated rings. The molecule has 6 heteroatoms. The maximum Gasteiger partial charge on any atom is 0.276 e. The van der Waals surface area contributed by atoms with Crippen molar-refractivity contribution in [1.29, 1.82) is 0 Å². The van der Waals surface area contributed by atoms with Crippen LogP contribution in [0.25, 0.3) is 11.1 Å². The van der Waals surface area contributed by atoms with E-state index in [0.29, 0.717) is 5.71 Å². The molecule has 136 valence electrons. The molecule has 0 saturated carbocycles. The Kier molecular flexibility index (Phi) is 4.61. The van der Waals surface area contributed by atoms with Crippen LogP contribution in [0.3, 0.4) is 0 Å². The van der Waals surface area contributed by atoms with Gasteiger partial charge in [0.25, 0.3) is 10.0 Å². The molecule has 0 amide bonds. The third kappa shape index (κ3) is 3.55. The van der Waals surface area contributed by atoms with E-state index in [0.717, 1.165) is 16.5 Å². The lowest BCUT2D eigenvalue weighted by atomic mass is 10.0. The minimum Gasteiger partial charge on any atom is -0.200 e. The van der Waals surface area contributed by atoms with Gasteiger partial charge in [-0.3, -0.25) is 0 Å². The largest absolute Gasteiger partial charge is 0.276 e. The van der Waals surface area contributed by atoms with E-state index in [1.165, 1.54) is 34.4 Å². The number of hydrogen-bond acceptors (Lipinski definition) is 3. The summed E-state index contributed by atoms with van der Waals surface area (Å²) in [5, 5.41) is 4.11. The molecule has 0 unspecified atom stereocenters. The smallest absolute Gasteiger partial charge is 0.200 e. The average Bonchev–Trinajstić information content (AvgIpc) is 3.04. The van der Waals surface area contributed by atoms with Gasteiger partial charge in [-0.1, -0.05) is 52.3 Å². The van der Waals surface area contributed by atoms with Crippen molar-refractivity contribution in [2.45, 2.75) is 18.2 Å². The molecule has 1 N–H and O–H groups in total. The van der Waals surface area contributed by atoms with Gasteiger partial charge in [-0.15, -0.1) is 0 Å². The van der Waals surface area contributed by atoms with Gasteiger partial charge in [0.15, 0.2) is 0 Å². The predicted molar refractivity (Wildman–Crippen MR) is 111 cm³/mol. The van der Waals surface area contributed by atoms with Crippen LogP contribution in [0.1, 0.15) is 23.6 Å². The molecule has 1 aliphatic carbocycles. The number of fused-ring (bicyclic) bond motifs is 3. The summed E-state index contributed by atoms with van der Waals surface area (Å²) in [5.41, 5.74) is 6.52. The van der Waals surface area contributed by atoms with Gasteiger partial charge >= 0.3 is 0 Å². The van der Waals surface area contributed by atoms with Gasteiger partial charge in [0.05, 0.1) is 10.6 Å². The van der Waals surface area contributed by atoms with Crippen LogP contribution in [0.15, 0.2) is 81.2 Å². The number of hydrogen-bond donors (Lipinski definition) is 1. The van der Waals surface area contributed by atoms with Crippen LogP contribution in [0.2, 0.25) is 0 Å². The standard InChI is InChI=1S/C21H17BrN2O2S/c1-14(23-24-27(25,26)19-10-8-18(22)9-11-19)15-6-7-17-12-16-4-2-3-5-20(16)21(17)13-15/h2-11,13,24H,12H2,1H3. The summed E-state index contributed by atoms with van der Waals surface area (Å²) in [6, 6.07) is 20.9. The van der Waals surface area contributed by atoms with Crippen LogP contribution in [-0.4, -0.2) is 14.1 Å². The van der Waals surface area contributed by atoms with Crippen LogP contribution >= 0.6 is 15.9 Å². The molecular formula is C21H17BrN2O2S. The van der Waals surface area contributed by atoms with Crippen molar-refractivity contribution in [3.63, 3.8) is 0 Å². The summed E-state index contributed by atoms with van der Waals surface area (Å²) in [7, 11) is -3.70. The topological polar surface area (TPSA) is 58.5 Å². The van der Waals surface area contributed by atoms with E-state index in [1.54, 1.807) is 19.1 Å². The molecular weight excluding hydrogens is 424 g/mol. The monoisotopic (exact) mass is 440 g/mol. The fourth-order valence-electron chi connectivity index (χ4n) is 3.21. The Balaban J connectivity index is 1.61. The Hall–Kier alpha value is -2.44. The number of rotatable bonds is 4. The van der Waals surface area contributed by atoms with Crippen LogP contribution in [0, 0.1) is 0 Å². The second-order valence-electron chi connectivity index (χ2n) is 6.45. The van der Waals surface area contributed by atoms with Crippen LogP contribution < -0.4 is 4.83 Å². The molecule has 27 heavy (non-hydrogen) atoms. The van der Waals surface area contributed by atoms with Crippen molar-refractivity contribution in [3.05, 3.63) is 87.9 Å². The van der Waals surface area contributed by atoms with Crippen molar-refractivity contribution < 1.29 is 8.42 Å². The number of sulfonamides is 1. The van der Waals surface area contributed by atoms with E-state index >= 15 is 0 Å². The van der Waals surface area contributed by atoms with Crippen molar-refractivity contribution in [3.8, 4) is 11.1 Å². The quantitative estimate of drug-likeness (QED) is 0.368. The first-order valence-corrected chi connectivity index (χ1v) is 10.7. The molecule has 3 aromatic carbocycles. The fourth-order valence-corrected chi connectivity index (χ4v) is 4.33. The van der Waals surface area contributed by atoms with Gasteiger partial charge in [-0.25, -0.2) is 0 Å². The molecule has 0 saturated heterocycles. The number of hydrazone groups is 1.